The first-order valence-electron chi connectivity index (χ1n) is 38.6. The Labute approximate surface area is 753 Å². The molecule has 29 nitrogen and oxygen atoms in total. The molecule has 4 aromatic carbocycles. The molecule has 3 fully saturated rings. The fourth-order valence-corrected chi connectivity index (χ4v) is 14.1. The lowest BCUT2D eigenvalue weighted by molar-refractivity contribution is -0.144. The maximum atomic E-state index is 13.3. The average molecular weight is 1920 g/mol. The number of hydrogen-bond acceptors (Lipinski definition) is 18. The smallest absolute Gasteiger partial charge is 0.480 e. The lowest BCUT2D eigenvalue weighted by Gasteiger charge is -2.19. The van der Waals surface area contributed by atoms with E-state index in [0.717, 1.165) is 110 Å². The highest BCUT2D eigenvalue weighted by molar-refractivity contribution is 9.10. The van der Waals surface area contributed by atoms with Crippen molar-refractivity contribution in [2.75, 3.05) is 64.6 Å². The van der Waals surface area contributed by atoms with Crippen molar-refractivity contribution >= 4 is 165 Å². The molecule has 2 amide bonds. The Morgan fingerprint density at radius 1 is 0.532 bits per heavy atom. The molecule has 0 bridgehead atoms. The molecule has 0 saturated carbocycles. The zero-order valence-corrected chi connectivity index (χ0v) is 73.9. The number of benzene rings is 4. The maximum absolute atomic E-state index is 13.3. The molecular formula is C86H104BBr2Cl4F2N15O14. The number of hydrogen-bond donors (Lipinski definition) is 6. The predicted molar refractivity (Wildman–Crippen MR) is 494 cm³/mol. The molecule has 8 aromatic heterocycles. The van der Waals surface area contributed by atoms with Gasteiger partial charge in [-0.3, -0.25) is 61.0 Å². The van der Waals surface area contributed by atoms with Crippen LogP contribution in [0.3, 0.4) is 0 Å². The second-order valence-electron chi connectivity index (χ2n) is 29.2. The molecule has 3 aliphatic rings. The number of aromatic nitrogens is 12. The SMILES string of the molecule is C.C.C.C1CCNC1.CCOC(=O)Cn1cnc2c(c(Br)cn2C(=O)OC(C)(C)C)c1=O.Cc1cc(-c2c[nH]c3ncn(CC(=O)N4CCCC4)c(=O)c23)ccc1Cl.Cc1cc(-c2c[nH]c3ncn(CC(=O)O)c(=O)c23)ccc1Cl.Cc1cc(-c2cn(CCF)c3ncn(CC(=O)N4CCCC4)c(=O)c23)ccc1Cl.Cc1cc(B(O)O)ccc1Cl.FCCBr. The number of nitrogens with one attached hydrogen (secondary N) is 3. The number of esters is 1. The highest BCUT2D eigenvalue weighted by Gasteiger charge is 2.27. The van der Waals surface area contributed by atoms with Crippen LogP contribution in [0.25, 0.3) is 77.5 Å². The molecule has 0 unspecified atom stereocenters. The monoisotopic (exact) mass is 1920 g/mol. The quantitative estimate of drug-likeness (QED) is 0.0297. The van der Waals surface area contributed by atoms with Gasteiger partial charge in [-0.05, 0) is 210 Å². The molecule has 11 heterocycles. The molecule has 0 aliphatic carbocycles. The van der Waals surface area contributed by atoms with Gasteiger partial charge in [0, 0.05) is 93.1 Å². The van der Waals surface area contributed by atoms with E-state index >= 15 is 0 Å². The molecule has 6 N–H and O–H groups in total. The summed E-state index contributed by atoms with van der Waals surface area (Å²) in [5.41, 5.74) is 8.09. The predicted octanol–water partition coefficient (Wildman–Crippen LogP) is 15.1. The number of aliphatic carboxylic acids is 1. The van der Waals surface area contributed by atoms with E-state index in [1.54, 1.807) is 91.0 Å². The van der Waals surface area contributed by atoms with E-state index in [1.807, 2.05) is 70.2 Å². The summed E-state index contributed by atoms with van der Waals surface area (Å²) in [7, 11) is -1.41. The number of likely N-dealkylation sites (tertiary alicyclic amines) is 2. The van der Waals surface area contributed by atoms with E-state index in [-0.39, 0.29) is 95.7 Å². The number of amides is 2. The van der Waals surface area contributed by atoms with Crippen molar-refractivity contribution in [2.45, 2.75) is 155 Å². The molecule has 0 atom stereocenters. The van der Waals surface area contributed by atoms with Crippen LogP contribution >= 0.6 is 78.3 Å². The number of ether oxygens (including phenoxy) is 2. The third kappa shape index (κ3) is 26.7. The zero-order chi connectivity index (χ0) is 88.1. The van der Waals surface area contributed by atoms with Crippen LogP contribution in [0.1, 0.15) is 111 Å². The maximum Gasteiger partial charge on any atom is 0.488 e. The second-order valence-corrected chi connectivity index (χ2v) is 32.5. The number of rotatable bonds is 16. The van der Waals surface area contributed by atoms with E-state index in [1.165, 1.54) is 66.6 Å². The largest absolute Gasteiger partial charge is 0.488 e. The van der Waals surface area contributed by atoms with Gasteiger partial charge in [0.25, 0.3) is 22.2 Å². The Kier molecular flexibility index (Phi) is 39.6. The van der Waals surface area contributed by atoms with E-state index in [0.29, 0.717) is 79.6 Å². The molecule has 3 aliphatic heterocycles. The first-order valence-corrected chi connectivity index (χ1v) is 42.0. The molecular weight excluding hydrogens is 1820 g/mol. The van der Waals surface area contributed by atoms with E-state index in [4.69, 9.17) is 71.0 Å². The Bertz CT molecular complexity index is 5960. The topological polar surface area (TPSA) is 364 Å². The van der Waals surface area contributed by atoms with Gasteiger partial charge in [-0.1, -0.05) is 115 Å². The van der Waals surface area contributed by atoms with Crippen molar-refractivity contribution in [1.29, 1.82) is 0 Å². The molecule has 666 valence electrons. The minimum absolute atomic E-state index is 0. The summed E-state index contributed by atoms with van der Waals surface area (Å²) in [5.74, 6) is -1.76. The number of alkyl halides is 3. The molecule has 0 spiro atoms. The highest BCUT2D eigenvalue weighted by atomic mass is 79.9. The number of nitrogens with zero attached hydrogens (tertiary/aromatic N) is 12. The Hall–Kier alpha value is -10.2. The number of halogens is 8. The normalized spacial score (nSPS) is 12.6. The second kappa shape index (κ2) is 47.8. The number of carbonyl (C=O) groups is 5. The number of H-pyrrole nitrogens is 2. The summed E-state index contributed by atoms with van der Waals surface area (Å²) in [6, 6.07) is 21.5. The molecule has 124 heavy (non-hydrogen) atoms. The van der Waals surface area contributed by atoms with Gasteiger partial charge in [0.1, 0.15) is 80.7 Å². The molecule has 15 rings (SSSR count). The van der Waals surface area contributed by atoms with Crippen molar-refractivity contribution < 1.29 is 57.4 Å². The summed E-state index contributed by atoms with van der Waals surface area (Å²) >= 11 is 30.1. The number of aromatic amines is 2. The summed E-state index contributed by atoms with van der Waals surface area (Å²) in [6.07, 6.45) is 18.0. The fourth-order valence-electron chi connectivity index (χ4n) is 13.1. The third-order valence-corrected chi connectivity index (χ3v) is 21.8. The molecule has 3 saturated heterocycles. The molecule has 12 aromatic rings. The van der Waals surface area contributed by atoms with E-state index in [9.17, 15) is 51.9 Å². The molecule has 38 heteroatoms. The summed E-state index contributed by atoms with van der Waals surface area (Å²) in [4.78, 5) is 137. The standard InChI is InChI=1S/C21H22ClFN4O2.C19H19ClN4O2.C15H18BrN3O5.C15H12ClN3O3.C7H8BClO2.C4H9N.C2H4BrF.3CH4/c1-14-10-15(4-5-17(14)22)16-11-26(9-6-23)20-19(16)21(29)27(13-24-20)12-18(28)25-7-2-3-8-25;1-12-8-13(4-5-15(12)20)14-9-21-18-17(14)19(26)24(11-22-18)10-16(25)23-6-2-3-7-23;1-5-23-10(20)7-18-8-17-12-11(13(18)21)9(16)6-19(12)14(22)24-15(2,3)4;1-8-4-9(2-3-11(8)16)10-5-17-14-13(10)15(22)19(7-18-14)6-12(20)21;1-5-4-6(8(10)11)2-3-7(5)9;1-2-4-5-3-1;3-1-2-4;;;/h4-5,10-11,13H,2-3,6-9,12H2,1H3;4-5,8-9,11,21H,2-3,6-7,10H2,1H3;6,8H,5,7H2,1-4H3;2-5,7,17H,6H2,1H3,(H,20,21);2-4,10-11H,1H3;5H,1-4H2;1-2H2;3*1H4. The van der Waals surface area contributed by atoms with Gasteiger partial charge in [0.05, 0.1) is 45.8 Å². The van der Waals surface area contributed by atoms with Crippen LogP contribution in [-0.4, -0.2) is 189 Å². The van der Waals surface area contributed by atoms with Gasteiger partial charge in [0.15, 0.2) is 5.65 Å². The van der Waals surface area contributed by atoms with Crippen molar-refractivity contribution in [3.63, 3.8) is 0 Å². The van der Waals surface area contributed by atoms with Crippen LogP contribution in [0.15, 0.2) is 147 Å². The van der Waals surface area contributed by atoms with Crippen molar-refractivity contribution in [1.82, 2.24) is 72.4 Å². The summed E-state index contributed by atoms with van der Waals surface area (Å²) < 4.78 is 42.0. The van der Waals surface area contributed by atoms with Crippen molar-refractivity contribution in [2.24, 2.45) is 0 Å². The zero-order valence-electron chi connectivity index (χ0n) is 67.7. The van der Waals surface area contributed by atoms with Crippen LogP contribution in [0.5, 0.6) is 0 Å². The van der Waals surface area contributed by atoms with Crippen LogP contribution in [0.2, 0.25) is 20.1 Å². The first kappa shape index (κ1) is 103. The number of aryl methyl sites for hydroxylation is 5. The van der Waals surface area contributed by atoms with Gasteiger partial charge in [-0.2, -0.15) is 0 Å². The fraction of sp³-hybridized carbons (Fsp3) is 0.384. The number of fused-ring (bicyclic) bond motifs is 4. The lowest BCUT2D eigenvalue weighted by atomic mass is 9.80. The number of carbonyl (C=O) groups excluding carboxylic acids is 4. The van der Waals surface area contributed by atoms with Crippen LogP contribution in [0.4, 0.5) is 13.6 Å². The average Bonchev–Trinajstić information content (AvgIpc) is 1.62. The lowest BCUT2D eigenvalue weighted by Crippen LogP contribution is -2.34. The summed E-state index contributed by atoms with van der Waals surface area (Å²) in [5, 5.41) is 34.1. The Balaban J connectivity index is 0.000000236. The number of carboxylic acids is 1. The van der Waals surface area contributed by atoms with Crippen molar-refractivity contribution in [3.05, 3.63) is 211 Å². The Morgan fingerprint density at radius 3 is 1.33 bits per heavy atom. The van der Waals surface area contributed by atoms with Gasteiger partial charge >= 0.3 is 25.2 Å². The van der Waals surface area contributed by atoms with Gasteiger partial charge < -0.3 is 54.3 Å². The number of carboxylic acid groups (broad SMARTS) is 1. The van der Waals surface area contributed by atoms with Gasteiger partial charge in [0.2, 0.25) is 11.8 Å². The van der Waals surface area contributed by atoms with E-state index in [2.05, 4.69) is 67.1 Å². The minimum Gasteiger partial charge on any atom is -0.480 e. The van der Waals surface area contributed by atoms with Crippen LogP contribution in [-0.2, 0) is 61.4 Å². The van der Waals surface area contributed by atoms with E-state index < -0.39 is 55.1 Å². The van der Waals surface area contributed by atoms with Gasteiger partial charge in [-0.15, -0.1) is 0 Å². The first-order chi connectivity index (χ1) is 57.7. The van der Waals surface area contributed by atoms with Crippen molar-refractivity contribution in [3.8, 4) is 33.4 Å². The highest BCUT2D eigenvalue weighted by Crippen LogP contribution is 2.33. The Morgan fingerprint density at radius 2 is 0.935 bits per heavy atom. The van der Waals surface area contributed by atoms with Crippen LogP contribution < -0.4 is 33.0 Å². The summed E-state index contributed by atoms with van der Waals surface area (Å²) in [6.45, 7) is 18.7. The third-order valence-electron chi connectivity index (χ3n) is 19.2. The van der Waals surface area contributed by atoms with Crippen LogP contribution in [0, 0.1) is 27.7 Å². The minimum atomic E-state index is -1.41. The van der Waals surface area contributed by atoms with Gasteiger partial charge in [-0.25, -0.2) is 33.7 Å². The molecule has 0 radical (unpaired) electrons.